The Morgan fingerprint density at radius 2 is 2.26 bits per heavy atom. The van der Waals surface area contributed by atoms with Crippen LogP contribution in [0.25, 0.3) is 0 Å². The number of methoxy groups -OCH3 is 1. The van der Waals surface area contributed by atoms with Crippen molar-refractivity contribution in [1.29, 1.82) is 0 Å². The Hall–Kier alpha value is -2.55. The first kappa shape index (κ1) is 19.2. The third kappa shape index (κ3) is 4.24. The van der Waals surface area contributed by atoms with Gasteiger partial charge in [0.05, 0.1) is 13.0 Å². The molecule has 0 radical (unpaired) electrons. The number of aryl methyl sites for hydroxylation is 1. The Morgan fingerprint density at radius 1 is 1.44 bits per heavy atom. The van der Waals surface area contributed by atoms with E-state index in [0.717, 1.165) is 23.1 Å². The predicted molar refractivity (Wildman–Crippen MR) is 103 cm³/mol. The molecule has 144 valence electrons. The van der Waals surface area contributed by atoms with Crippen molar-refractivity contribution in [3.63, 3.8) is 0 Å². The van der Waals surface area contributed by atoms with E-state index >= 15 is 0 Å². The van der Waals surface area contributed by atoms with Gasteiger partial charge in [0.2, 0.25) is 11.8 Å². The molecule has 0 aliphatic carbocycles. The highest BCUT2D eigenvalue weighted by Gasteiger charge is 2.30. The molecule has 8 nitrogen and oxygen atoms in total. The van der Waals surface area contributed by atoms with E-state index in [9.17, 15) is 9.59 Å². The van der Waals surface area contributed by atoms with Crippen molar-refractivity contribution >= 4 is 29.3 Å². The van der Waals surface area contributed by atoms with Crippen LogP contribution in [0.1, 0.15) is 30.7 Å². The zero-order valence-corrected chi connectivity index (χ0v) is 16.4. The number of rotatable bonds is 7. The van der Waals surface area contributed by atoms with E-state index in [-0.39, 0.29) is 18.2 Å². The second kappa shape index (κ2) is 8.43. The predicted octanol–water partition coefficient (Wildman–Crippen LogP) is 1.95. The van der Waals surface area contributed by atoms with Crippen molar-refractivity contribution in [2.75, 3.05) is 24.7 Å². The van der Waals surface area contributed by atoms with Gasteiger partial charge in [-0.1, -0.05) is 11.8 Å². The summed E-state index contributed by atoms with van der Waals surface area (Å²) in [5, 5.41) is 14.8. The molecule has 1 aromatic heterocycles. The molecule has 1 atom stereocenters. The molecule has 0 saturated carbocycles. The molecule has 2 amide bonds. The van der Waals surface area contributed by atoms with Crippen LogP contribution in [-0.2, 0) is 16.1 Å². The van der Waals surface area contributed by atoms with Gasteiger partial charge in [-0.25, -0.2) is 0 Å². The van der Waals surface area contributed by atoms with Crippen molar-refractivity contribution in [1.82, 2.24) is 20.1 Å². The first-order valence-corrected chi connectivity index (χ1v) is 9.80. The van der Waals surface area contributed by atoms with E-state index in [0.29, 0.717) is 23.7 Å². The number of nitrogens with one attached hydrogen (secondary N) is 2. The van der Waals surface area contributed by atoms with Crippen molar-refractivity contribution in [3.05, 3.63) is 29.6 Å². The van der Waals surface area contributed by atoms with E-state index < -0.39 is 5.92 Å². The summed E-state index contributed by atoms with van der Waals surface area (Å²) in [4.78, 5) is 24.6. The molecule has 0 bridgehead atoms. The first-order chi connectivity index (χ1) is 13.0. The maximum atomic E-state index is 12.7. The van der Waals surface area contributed by atoms with Crippen LogP contribution in [0, 0.1) is 6.92 Å². The highest BCUT2D eigenvalue weighted by molar-refractivity contribution is 7.99. The summed E-state index contributed by atoms with van der Waals surface area (Å²) in [6.07, 6.45) is 0.127. The normalized spacial score (nSPS) is 15.8. The molecule has 1 aliphatic heterocycles. The van der Waals surface area contributed by atoms with Crippen LogP contribution >= 0.6 is 11.8 Å². The van der Waals surface area contributed by atoms with Gasteiger partial charge in [-0.3, -0.25) is 9.59 Å². The smallest absolute Gasteiger partial charge is 0.228 e. The van der Waals surface area contributed by atoms with E-state index in [1.54, 1.807) is 37.1 Å². The third-order valence-electron chi connectivity index (χ3n) is 4.46. The highest BCUT2D eigenvalue weighted by atomic mass is 32.2. The number of carbonyl (C=O) groups is 2. The molecule has 1 aromatic carbocycles. The van der Waals surface area contributed by atoms with Gasteiger partial charge in [0.15, 0.2) is 5.16 Å². The van der Waals surface area contributed by atoms with Crippen LogP contribution in [0.2, 0.25) is 0 Å². The molecular formula is C18H23N5O3S. The van der Waals surface area contributed by atoms with Crippen LogP contribution in [0.3, 0.4) is 0 Å². The van der Waals surface area contributed by atoms with Crippen molar-refractivity contribution in [2.45, 2.75) is 37.9 Å². The van der Waals surface area contributed by atoms with Crippen LogP contribution in [0.5, 0.6) is 5.75 Å². The van der Waals surface area contributed by atoms with Gasteiger partial charge in [0.25, 0.3) is 0 Å². The maximum Gasteiger partial charge on any atom is 0.228 e. The van der Waals surface area contributed by atoms with E-state index in [4.69, 9.17) is 4.74 Å². The van der Waals surface area contributed by atoms with Gasteiger partial charge in [-0.2, -0.15) is 0 Å². The van der Waals surface area contributed by atoms with Gasteiger partial charge in [-0.05, 0) is 37.6 Å². The summed E-state index contributed by atoms with van der Waals surface area (Å²) in [6.45, 7) is 5.25. The van der Waals surface area contributed by atoms with Crippen LogP contribution < -0.4 is 15.4 Å². The van der Waals surface area contributed by atoms with E-state index in [2.05, 4.69) is 20.8 Å². The molecular weight excluding hydrogens is 366 g/mol. The Balaban J connectivity index is 1.60. The van der Waals surface area contributed by atoms with Crippen LogP contribution in [0.4, 0.5) is 5.69 Å². The van der Waals surface area contributed by atoms with Gasteiger partial charge >= 0.3 is 0 Å². The number of anilines is 1. The number of ether oxygens (including phenoxy) is 1. The summed E-state index contributed by atoms with van der Waals surface area (Å²) in [5.74, 6) is 1.38. The molecule has 2 heterocycles. The number of benzene rings is 1. The lowest BCUT2D eigenvalue weighted by atomic mass is 9.89. The lowest BCUT2D eigenvalue weighted by Crippen LogP contribution is -2.36. The number of carbonyl (C=O) groups excluding carboxylic acids is 2. The van der Waals surface area contributed by atoms with Crippen LogP contribution in [-0.4, -0.2) is 46.0 Å². The largest absolute Gasteiger partial charge is 0.497 e. The number of hydrogen-bond acceptors (Lipinski definition) is 6. The van der Waals surface area contributed by atoms with E-state index in [1.807, 2.05) is 18.4 Å². The number of fused-ring (bicyclic) bond motifs is 1. The lowest BCUT2D eigenvalue weighted by Gasteiger charge is -2.25. The minimum Gasteiger partial charge on any atom is -0.497 e. The summed E-state index contributed by atoms with van der Waals surface area (Å²) in [5.41, 5.74) is 1.44. The fourth-order valence-electron chi connectivity index (χ4n) is 3.07. The number of thioether (sulfide) groups is 1. The number of nitrogens with zero attached hydrogens (tertiary/aromatic N) is 3. The number of amides is 2. The molecule has 0 saturated heterocycles. The quantitative estimate of drug-likeness (QED) is 0.555. The molecule has 2 N–H and O–H groups in total. The standard InChI is InChI=1S/C18H23N5O3S/c1-4-23-11(2)21-22-18(23)27-8-7-19-17(25)14-10-16(24)20-15-6-5-12(26-3)9-13(14)15/h5-6,9,14H,4,7-8,10H2,1-3H3,(H,19,25)(H,20,24)/t14-/m0/s1. The van der Waals surface area contributed by atoms with Crippen molar-refractivity contribution < 1.29 is 14.3 Å². The van der Waals surface area contributed by atoms with Gasteiger partial charge < -0.3 is 19.9 Å². The molecule has 27 heavy (non-hydrogen) atoms. The fourth-order valence-corrected chi connectivity index (χ4v) is 3.97. The summed E-state index contributed by atoms with van der Waals surface area (Å²) in [7, 11) is 1.58. The second-order valence-corrected chi connectivity index (χ2v) is 7.23. The minimum absolute atomic E-state index is 0.127. The zero-order chi connectivity index (χ0) is 19.4. The van der Waals surface area contributed by atoms with E-state index in [1.165, 1.54) is 0 Å². The first-order valence-electron chi connectivity index (χ1n) is 8.81. The Kier molecular flexibility index (Phi) is 6.00. The third-order valence-corrected chi connectivity index (χ3v) is 5.43. The average Bonchev–Trinajstić information content (AvgIpc) is 3.03. The SMILES string of the molecule is CCn1c(C)nnc1SCCNC(=O)[C@H]1CC(=O)Nc2ccc(OC)cc21. The van der Waals surface area contributed by atoms with Gasteiger partial charge in [0, 0.05) is 31.0 Å². The average molecular weight is 389 g/mol. The van der Waals surface area contributed by atoms with Crippen molar-refractivity contribution in [2.24, 2.45) is 0 Å². The van der Waals surface area contributed by atoms with Gasteiger partial charge in [0.1, 0.15) is 11.6 Å². The zero-order valence-electron chi connectivity index (χ0n) is 15.6. The molecule has 0 spiro atoms. The lowest BCUT2D eigenvalue weighted by molar-refractivity contribution is -0.126. The molecule has 0 unspecified atom stereocenters. The van der Waals surface area contributed by atoms with Gasteiger partial charge in [-0.15, -0.1) is 10.2 Å². The second-order valence-electron chi connectivity index (χ2n) is 6.17. The number of aromatic nitrogens is 3. The fraction of sp³-hybridized carbons (Fsp3) is 0.444. The van der Waals surface area contributed by atoms with Crippen molar-refractivity contribution in [3.8, 4) is 5.75 Å². The highest BCUT2D eigenvalue weighted by Crippen LogP contribution is 2.35. The molecule has 9 heteroatoms. The maximum absolute atomic E-state index is 12.7. The molecule has 3 rings (SSSR count). The molecule has 0 fully saturated rings. The minimum atomic E-state index is -0.518. The summed E-state index contributed by atoms with van der Waals surface area (Å²) in [6, 6.07) is 5.34. The number of hydrogen-bond donors (Lipinski definition) is 2. The Morgan fingerprint density at radius 3 is 3.00 bits per heavy atom. The summed E-state index contributed by atoms with van der Waals surface area (Å²) >= 11 is 1.55. The Bertz CT molecular complexity index is 852. The summed E-state index contributed by atoms with van der Waals surface area (Å²) < 4.78 is 7.27. The molecule has 2 aromatic rings. The van der Waals surface area contributed by atoms with Crippen LogP contribution in [0.15, 0.2) is 23.4 Å². The Labute approximate surface area is 162 Å². The topological polar surface area (TPSA) is 98.1 Å². The molecule has 1 aliphatic rings. The monoisotopic (exact) mass is 389 g/mol.